The molecule has 0 saturated carbocycles. The van der Waals surface area contributed by atoms with E-state index in [1.54, 1.807) is 4.90 Å². The molecule has 3 aliphatic heterocycles. The van der Waals surface area contributed by atoms with Gasteiger partial charge in [-0.05, 0) is 31.6 Å². The number of nitrogens with zero attached hydrogens (tertiary/aromatic N) is 3. The molecule has 1 unspecified atom stereocenters. The topological polar surface area (TPSA) is 121 Å². The quantitative estimate of drug-likeness (QED) is 0.594. The summed E-state index contributed by atoms with van der Waals surface area (Å²) in [5.74, 6) is -0.0798. The van der Waals surface area contributed by atoms with E-state index < -0.39 is 25.9 Å². The lowest BCUT2D eigenvalue weighted by atomic mass is 9.92. The third-order valence-corrected chi connectivity index (χ3v) is 8.97. The van der Waals surface area contributed by atoms with Crippen LogP contribution in [0.2, 0.25) is 0 Å². The lowest BCUT2D eigenvalue weighted by Gasteiger charge is -2.39. The van der Waals surface area contributed by atoms with Crippen molar-refractivity contribution >= 4 is 25.9 Å². The summed E-state index contributed by atoms with van der Waals surface area (Å²) in [6.45, 7) is 2.27. The first kappa shape index (κ1) is 20.8. The Kier molecular flexibility index (Phi) is 6.05. The van der Waals surface area contributed by atoms with E-state index in [2.05, 4.69) is 0 Å². The number of rotatable bonds is 6. The van der Waals surface area contributed by atoms with Crippen LogP contribution in [-0.4, -0.2) is 99.5 Å². The lowest BCUT2D eigenvalue weighted by molar-refractivity contribution is 0.148. The van der Waals surface area contributed by atoms with E-state index in [4.69, 9.17) is 5.73 Å². The Morgan fingerprint density at radius 3 is 2.37 bits per heavy atom. The van der Waals surface area contributed by atoms with E-state index in [-0.39, 0.29) is 29.5 Å². The van der Waals surface area contributed by atoms with Crippen molar-refractivity contribution < 1.29 is 21.6 Å². The number of amides is 2. The zero-order valence-electron chi connectivity index (χ0n) is 15.7. The number of piperazine rings is 1. The number of sulfonamides is 1. The first-order valence-corrected chi connectivity index (χ1v) is 13.0. The molecule has 27 heavy (non-hydrogen) atoms. The zero-order chi connectivity index (χ0) is 19.8. The van der Waals surface area contributed by atoms with E-state index in [0.717, 1.165) is 12.8 Å². The summed E-state index contributed by atoms with van der Waals surface area (Å²) < 4.78 is 49.8. The van der Waals surface area contributed by atoms with E-state index >= 15 is 0 Å². The van der Waals surface area contributed by atoms with Crippen LogP contribution < -0.4 is 5.73 Å². The molecule has 3 rings (SSSR count). The lowest BCUT2D eigenvalue weighted by Crippen LogP contribution is -2.52. The molecule has 3 heterocycles. The highest BCUT2D eigenvalue weighted by molar-refractivity contribution is 7.91. The number of primary amides is 1. The van der Waals surface area contributed by atoms with Gasteiger partial charge in [-0.2, -0.15) is 4.31 Å². The molecular weight excluding hydrogens is 392 g/mol. The average molecular weight is 422 g/mol. The van der Waals surface area contributed by atoms with E-state index in [1.807, 2.05) is 11.3 Å². The Morgan fingerprint density at radius 1 is 1.11 bits per heavy atom. The Balaban J connectivity index is 1.50. The third kappa shape index (κ3) is 4.93. The van der Waals surface area contributed by atoms with Crippen LogP contribution in [0.5, 0.6) is 0 Å². The molecule has 1 radical (unpaired) electrons. The van der Waals surface area contributed by atoms with E-state index in [9.17, 15) is 21.6 Å². The summed E-state index contributed by atoms with van der Waals surface area (Å²) in [6.07, 6.45) is 5.62. The highest BCUT2D eigenvalue weighted by atomic mass is 32.2. The molecule has 0 spiro atoms. The van der Waals surface area contributed by atoms with Gasteiger partial charge >= 0.3 is 6.03 Å². The smallest absolute Gasteiger partial charge is 0.315 e. The molecule has 0 aromatic rings. The van der Waals surface area contributed by atoms with Gasteiger partial charge in [0.1, 0.15) is 0 Å². The SMILES string of the molecule is CS(=O)(=O)N1CCN(CCS(=O)(=O)CC2[CH]C[C@@H]3CC[C@@H]2N3C(N)=O)CC1. The Bertz CT molecular complexity index is 762. The van der Waals surface area contributed by atoms with Crippen LogP contribution in [-0.2, 0) is 19.9 Å². The minimum Gasteiger partial charge on any atom is -0.351 e. The molecule has 2 bridgehead atoms. The number of piperidine rings is 1. The van der Waals surface area contributed by atoms with E-state index in [0.29, 0.717) is 39.1 Å². The van der Waals surface area contributed by atoms with Crippen LogP contribution >= 0.6 is 0 Å². The predicted molar refractivity (Wildman–Crippen MR) is 102 cm³/mol. The number of fused-ring (bicyclic) bond motifs is 2. The maximum Gasteiger partial charge on any atom is 0.315 e. The molecule has 3 saturated heterocycles. The number of carbonyl (C=O) groups is 1. The van der Waals surface area contributed by atoms with Gasteiger partial charge in [0.25, 0.3) is 0 Å². The first-order chi connectivity index (χ1) is 12.6. The molecule has 3 atom stereocenters. The van der Waals surface area contributed by atoms with Gasteiger partial charge < -0.3 is 10.6 Å². The molecule has 2 N–H and O–H groups in total. The monoisotopic (exact) mass is 421 g/mol. The average Bonchev–Trinajstić information content (AvgIpc) is 2.91. The van der Waals surface area contributed by atoms with Crippen molar-refractivity contribution in [3.8, 4) is 0 Å². The molecule has 11 heteroatoms. The minimum absolute atomic E-state index is 0.0392. The number of nitrogens with two attached hydrogens (primary N) is 1. The van der Waals surface area contributed by atoms with Crippen LogP contribution in [0.3, 0.4) is 0 Å². The minimum atomic E-state index is -3.28. The molecule has 0 aliphatic carbocycles. The fourth-order valence-corrected chi connectivity index (χ4v) is 6.98. The molecular formula is C16H29N4O5S2. The van der Waals surface area contributed by atoms with Crippen molar-refractivity contribution in [2.75, 3.05) is 50.5 Å². The fourth-order valence-electron chi connectivity index (χ4n) is 4.50. The van der Waals surface area contributed by atoms with Gasteiger partial charge in [0.2, 0.25) is 10.0 Å². The van der Waals surface area contributed by atoms with Gasteiger partial charge in [-0.15, -0.1) is 0 Å². The van der Waals surface area contributed by atoms with Gasteiger partial charge in [0, 0.05) is 44.8 Å². The fraction of sp³-hybridized carbons (Fsp3) is 0.875. The maximum atomic E-state index is 12.6. The van der Waals surface area contributed by atoms with Crippen LogP contribution in [0.4, 0.5) is 4.79 Å². The number of sulfone groups is 1. The van der Waals surface area contributed by atoms with E-state index in [1.165, 1.54) is 10.6 Å². The number of urea groups is 1. The van der Waals surface area contributed by atoms with Crippen molar-refractivity contribution in [2.45, 2.75) is 31.3 Å². The summed E-state index contributed by atoms with van der Waals surface area (Å²) >= 11 is 0. The van der Waals surface area contributed by atoms with Gasteiger partial charge in [-0.25, -0.2) is 21.6 Å². The summed E-state index contributed by atoms with van der Waals surface area (Å²) in [7, 11) is -6.47. The van der Waals surface area contributed by atoms with Gasteiger partial charge in [0.05, 0.1) is 17.8 Å². The summed E-state index contributed by atoms with van der Waals surface area (Å²) in [5, 5.41) is 0. The molecule has 3 aliphatic rings. The van der Waals surface area contributed by atoms with Crippen LogP contribution in [0.15, 0.2) is 0 Å². The second-order valence-electron chi connectivity index (χ2n) is 7.80. The van der Waals surface area contributed by atoms with Crippen molar-refractivity contribution in [2.24, 2.45) is 11.7 Å². The van der Waals surface area contributed by atoms with Crippen molar-refractivity contribution in [1.29, 1.82) is 0 Å². The number of carbonyl (C=O) groups excluding carboxylic acids is 1. The summed E-state index contributed by atoms with van der Waals surface area (Å²) in [4.78, 5) is 15.3. The Hall–Kier alpha value is -0.910. The molecule has 3 fully saturated rings. The molecule has 155 valence electrons. The largest absolute Gasteiger partial charge is 0.351 e. The normalized spacial score (nSPS) is 30.6. The summed E-state index contributed by atoms with van der Waals surface area (Å²) in [5.41, 5.74) is 5.48. The highest BCUT2D eigenvalue weighted by Crippen LogP contribution is 2.39. The van der Waals surface area contributed by atoms with Crippen molar-refractivity contribution in [3.05, 3.63) is 6.42 Å². The number of hydrogen-bond acceptors (Lipinski definition) is 6. The second-order valence-corrected chi connectivity index (χ2v) is 12.0. The first-order valence-electron chi connectivity index (χ1n) is 9.36. The van der Waals surface area contributed by atoms with Crippen LogP contribution in [0, 0.1) is 12.3 Å². The Morgan fingerprint density at radius 2 is 1.78 bits per heavy atom. The summed E-state index contributed by atoms with van der Waals surface area (Å²) in [6, 6.07) is -0.436. The van der Waals surface area contributed by atoms with Gasteiger partial charge in [-0.1, -0.05) is 0 Å². The molecule has 0 aromatic heterocycles. The standard InChI is InChI=1S/C16H29N4O5S2/c1-26(22,23)19-8-6-18(7-9-19)10-11-27(24,25)12-13-2-3-14-4-5-15(13)20(14)16(17)21/h2,13-15H,3-12H2,1H3,(H2,17,21)/t13?,14-,15+/m1/s1. The Labute approximate surface area is 161 Å². The van der Waals surface area contributed by atoms with Crippen molar-refractivity contribution in [3.63, 3.8) is 0 Å². The van der Waals surface area contributed by atoms with Gasteiger partial charge in [0.15, 0.2) is 9.84 Å². The third-order valence-electron chi connectivity index (χ3n) is 5.97. The van der Waals surface area contributed by atoms with Crippen LogP contribution in [0.25, 0.3) is 0 Å². The van der Waals surface area contributed by atoms with Crippen LogP contribution in [0.1, 0.15) is 19.3 Å². The zero-order valence-corrected chi connectivity index (χ0v) is 17.3. The molecule has 0 aromatic carbocycles. The molecule has 2 amide bonds. The number of hydrogen-bond donors (Lipinski definition) is 1. The predicted octanol–water partition coefficient (Wildman–Crippen LogP) is -0.886. The second kappa shape index (κ2) is 7.84. The maximum absolute atomic E-state index is 12.6. The molecule has 9 nitrogen and oxygen atoms in total. The van der Waals surface area contributed by atoms with Gasteiger partial charge in [-0.3, -0.25) is 4.90 Å². The van der Waals surface area contributed by atoms with Crippen molar-refractivity contribution in [1.82, 2.24) is 14.1 Å². The highest BCUT2D eigenvalue weighted by Gasteiger charge is 2.45.